The van der Waals surface area contributed by atoms with Crippen LogP contribution in [0.2, 0.25) is 0 Å². The van der Waals surface area contributed by atoms with Gasteiger partial charge in [-0.25, -0.2) is 0 Å². The molecule has 0 aliphatic carbocycles. The lowest BCUT2D eigenvalue weighted by atomic mass is 10.1. The van der Waals surface area contributed by atoms with Gasteiger partial charge >= 0.3 is 0 Å². The second-order valence-corrected chi connectivity index (χ2v) is 2.85. The minimum Gasteiger partial charge on any atom is -0.493 e. The van der Waals surface area contributed by atoms with Gasteiger partial charge in [0.15, 0.2) is 17.3 Å². The molecule has 0 unspecified atom stereocenters. The maximum atomic E-state index is 11.1. The van der Waals surface area contributed by atoms with E-state index in [1.54, 1.807) is 25.3 Å². The van der Waals surface area contributed by atoms with Gasteiger partial charge < -0.3 is 9.47 Å². The number of rotatable bonds is 4. The highest BCUT2D eigenvalue weighted by molar-refractivity contribution is 5.94. The number of hydrogen-bond acceptors (Lipinski definition) is 3. The topological polar surface area (TPSA) is 35.5 Å². The molecule has 14 heavy (non-hydrogen) atoms. The van der Waals surface area contributed by atoms with Gasteiger partial charge in [-0.15, -0.1) is 0 Å². The monoisotopic (exact) mass is 194 g/mol. The third-order valence-electron chi connectivity index (χ3n) is 1.87. The predicted molar refractivity (Wildman–Crippen MR) is 54.2 cm³/mol. The highest BCUT2D eigenvalue weighted by Gasteiger charge is 2.07. The fourth-order valence-electron chi connectivity index (χ4n) is 1.16. The smallest absolute Gasteiger partial charge is 0.161 e. The van der Waals surface area contributed by atoms with Crippen LogP contribution >= 0.6 is 0 Å². The number of ether oxygens (including phenoxy) is 2. The van der Waals surface area contributed by atoms with Crippen LogP contribution in [0.4, 0.5) is 0 Å². The molecule has 0 saturated carbocycles. The number of carbonyl (C=O) groups excluding carboxylic acids is 1. The van der Waals surface area contributed by atoms with Gasteiger partial charge in [-0.2, -0.15) is 0 Å². The van der Waals surface area contributed by atoms with Crippen molar-refractivity contribution in [3.63, 3.8) is 0 Å². The van der Waals surface area contributed by atoms with E-state index in [1.165, 1.54) is 6.92 Å². The lowest BCUT2D eigenvalue weighted by Gasteiger charge is -2.09. The second-order valence-electron chi connectivity index (χ2n) is 2.85. The van der Waals surface area contributed by atoms with Crippen molar-refractivity contribution in [2.45, 2.75) is 13.8 Å². The van der Waals surface area contributed by atoms with Gasteiger partial charge in [-0.3, -0.25) is 4.79 Å². The van der Waals surface area contributed by atoms with Crippen molar-refractivity contribution in [3.8, 4) is 11.5 Å². The number of Topliss-reactive ketones (excluding diaryl/α,β-unsaturated/α-hetero) is 1. The Morgan fingerprint density at radius 3 is 2.57 bits per heavy atom. The first-order chi connectivity index (χ1) is 6.69. The van der Waals surface area contributed by atoms with E-state index in [4.69, 9.17) is 9.47 Å². The molecule has 0 heterocycles. The Morgan fingerprint density at radius 2 is 2.07 bits per heavy atom. The van der Waals surface area contributed by atoms with Gasteiger partial charge in [-0.05, 0) is 32.0 Å². The minimum absolute atomic E-state index is 0.0219. The standard InChI is InChI=1S/C11H14O3/c1-4-14-11-7-9(8(2)12)5-6-10(11)13-3/h5-7H,4H2,1-3H3. The van der Waals surface area contributed by atoms with Crippen molar-refractivity contribution in [1.29, 1.82) is 0 Å². The fraction of sp³-hybridized carbons (Fsp3) is 0.364. The molecule has 76 valence electrons. The van der Waals surface area contributed by atoms with E-state index in [0.717, 1.165) is 0 Å². The largest absolute Gasteiger partial charge is 0.493 e. The molecular formula is C11H14O3. The zero-order valence-electron chi connectivity index (χ0n) is 8.66. The maximum absolute atomic E-state index is 11.1. The second kappa shape index (κ2) is 4.65. The summed E-state index contributed by atoms with van der Waals surface area (Å²) >= 11 is 0. The Morgan fingerprint density at radius 1 is 1.36 bits per heavy atom. The van der Waals surface area contributed by atoms with Crippen molar-refractivity contribution in [2.75, 3.05) is 13.7 Å². The molecule has 0 saturated heterocycles. The first-order valence-corrected chi connectivity index (χ1v) is 4.50. The van der Waals surface area contributed by atoms with Gasteiger partial charge in [0.2, 0.25) is 0 Å². The van der Waals surface area contributed by atoms with Crippen molar-refractivity contribution >= 4 is 5.78 Å². The summed E-state index contributed by atoms with van der Waals surface area (Å²) in [5.74, 6) is 1.29. The molecule has 0 amide bonds. The number of benzene rings is 1. The molecule has 0 spiro atoms. The van der Waals surface area contributed by atoms with Crippen LogP contribution in [0.15, 0.2) is 18.2 Å². The number of carbonyl (C=O) groups is 1. The van der Waals surface area contributed by atoms with E-state index in [0.29, 0.717) is 23.7 Å². The molecule has 0 bridgehead atoms. The van der Waals surface area contributed by atoms with E-state index in [-0.39, 0.29) is 5.78 Å². The Balaban J connectivity index is 3.07. The number of ketones is 1. The van der Waals surface area contributed by atoms with E-state index in [9.17, 15) is 4.79 Å². The molecule has 1 aromatic carbocycles. The summed E-state index contributed by atoms with van der Waals surface area (Å²) in [5.41, 5.74) is 0.634. The van der Waals surface area contributed by atoms with Crippen LogP contribution in [0.1, 0.15) is 24.2 Å². The highest BCUT2D eigenvalue weighted by atomic mass is 16.5. The van der Waals surface area contributed by atoms with Crippen LogP contribution in [0.25, 0.3) is 0 Å². The third-order valence-corrected chi connectivity index (χ3v) is 1.87. The quantitative estimate of drug-likeness (QED) is 0.690. The highest BCUT2D eigenvalue weighted by Crippen LogP contribution is 2.28. The summed E-state index contributed by atoms with van der Waals surface area (Å²) in [5, 5.41) is 0. The van der Waals surface area contributed by atoms with Crippen molar-refractivity contribution in [2.24, 2.45) is 0 Å². The Hall–Kier alpha value is -1.51. The third kappa shape index (κ3) is 2.25. The van der Waals surface area contributed by atoms with Crippen LogP contribution < -0.4 is 9.47 Å². The fourth-order valence-corrected chi connectivity index (χ4v) is 1.16. The summed E-state index contributed by atoms with van der Waals surface area (Å²) in [6, 6.07) is 5.16. The van der Waals surface area contributed by atoms with Gasteiger partial charge in [-0.1, -0.05) is 0 Å². The molecule has 0 aliphatic heterocycles. The summed E-state index contributed by atoms with van der Waals surface area (Å²) in [7, 11) is 1.57. The summed E-state index contributed by atoms with van der Waals surface area (Å²) in [4.78, 5) is 11.1. The average molecular weight is 194 g/mol. The molecule has 0 radical (unpaired) electrons. The number of methoxy groups -OCH3 is 1. The van der Waals surface area contributed by atoms with Gasteiger partial charge in [0.1, 0.15) is 0 Å². The molecular weight excluding hydrogens is 180 g/mol. The van der Waals surface area contributed by atoms with Crippen LogP contribution in [0.5, 0.6) is 11.5 Å². The van der Waals surface area contributed by atoms with E-state index >= 15 is 0 Å². The molecule has 3 nitrogen and oxygen atoms in total. The van der Waals surface area contributed by atoms with E-state index < -0.39 is 0 Å². The minimum atomic E-state index is 0.0219. The molecule has 0 aromatic heterocycles. The van der Waals surface area contributed by atoms with Gasteiger partial charge in [0.05, 0.1) is 13.7 Å². The summed E-state index contributed by atoms with van der Waals surface area (Å²) in [6.07, 6.45) is 0. The van der Waals surface area contributed by atoms with E-state index in [1.807, 2.05) is 6.92 Å². The Labute approximate surface area is 83.6 Å². The Kier molecular flexibility index (Phi) is 3.51. The summed E-state index contributed by atoms with van der Waals surface area (Å²) in [6.45, 7) is 3.97. The SMILES string of the molecule is CCOc1cc(C(C)=O)ccc1OC. The van der Waals surface area contributed by atoms with Crippen LogP contribution in [-0.2, 0) is 0 Å². The van der Waals surface area contributed by atoms with Crippen molar-refractivity contribution < 1.29 is 14.3 Å². The first-order valence-electron chi connectivity index (χ1n) is 4.50. The van der Waals surface area contributed by atoms with Crippen LogP contribution in [0, 0.1) is 0 Å². The zero-order chi connectivity index (χ0) is 10.6. The van der Waals surface area contributed by atoms with Crippen LogP contribution in [-0.4, -0.2) is 19.5 Å². The molecule has 1 aromatic rings. The van der Waals surface area contributed by atoms with Crippen molar-refractivity contribution in [3.05, 3.63) is 23.8 Å². The lowest BCUT2D eigenvalue weighted by Crippen LogP contribution is -1.98. The average Bonchev–Trinajstić information content (AvgIpc) is 2.18. The molecule has 1 rings (SSSR count). The van der Waals surface area contributed by atoms with Crippen LogP contribution in [0.3, 0.4) is 0 Å². The normalized spacial score (nSPS) is 9.64. The number of hydrogen-bond donors (Lipinski definition) is 0. The maximum Gasteiger partial charge on any atom is 0.161 e. The molecule has 0 fully saturated rings. The molecule has 3 heteroatoms. The Bertz CT molecular complexity index is 331. The summed E-state index contributed by atoms with van der Waals surface area (Å²) < 4.78 is 10.4. The van der Waals surface area contributed by atoms with Gasteiger partial charge in [0.25, 0.3) is 0 Å². The molecule has 0 N–H and O–H groups in total. The van der Waals surface area contributed by atoms with Crippen molar-refractivity contribution in [1.82, 2.24) is 0 Å². The van der Waals surface area contributed by atoms with Gasteiger partial charge in [0, 0.05) is 5.56 Å². The molecule has 0 atom stereocenters. The molecule has 0 aliphatic rings. The lowest BCUT2D eigenvalue weighted by molar-refractivity contribution is 0.101. The predicted octanol–water partition coefficient (Wildman–Crippen LogP) is 2.30. The first kappa shape index (κ1) is 10.6. The zero-order valence-corrected chi connectivity index (χ0v) is 8.66. The van der Waals surface area contributed by atoms with E-state index in [2.05, 4.69) is 0 Å².